The van der Waals surface area contributed by atoms with E-state index in [-0.39, 0.29) is 10.9 Å². The smallest absolute Gasteiger partial charge is 0.243 e. The first-order valence-corrected chi connectivity index (χ1v) is 8.77. The fraction of sp³-hybridized carbons (Fsp3) is 0.538. The van der Waals surface area contributed by atoms with Crippen LogP contribution in [0.25, 0.3) is 0 Å². The lowest BCUT2D eigenvalue weighted by Crippen LogP contribution is -2.47. The molecule has 1 unspecified atom stereocenters. The Morgan fingerprint density at radius 1 is 1.40 bits per heavy atom. The van der Waals surface area contributed by atoms with Gasteiger partial charge in [-0.05, 0) is 61.1 Å². The van der Waals surface area contributed by atoms with Gasteiger partial charge in [0.05, 0.1) is 4.90 Å². The van der Waals surface area contributed by atoms with Crippen molar-refractivity contribution < 1.29 is 8.42 Å². The molecule has 1 atom stereocenters. The van der Waals surface area contributed by atoms with E-state index >= 15 is 0 Å². The van der Waals surface area contributed by atoms with Crippen LogP contribution in [0.4, 0.5) is 5.69 Å². The number of nitrogens with zero attached hydrogens (tertiary/aromatic N) is 2. The normalized spacial score (nSPS) is 21.3. The van der Waals surface area contributed by atoms with E-state index in [9.17, 15) is 8.42 Å². The fourth-order valence-electron chi connectivity index (χ4n) is 2.39. The van der Waals surface area contributed by atoms with Crippen molar-refractivity contribution in [3.8, 4) is 0 Å². The maximum absolute atomic E-state index is 12.7. The minimum absolute atomic E-state index is 0.262. The average molecular weight is 362 g/mol. The molecule has 1 saturated heterocycles. The second-order valence-electron chi connectivity index (χ2n) is 5.31. The van der Waals surface area contributed by atoms with Gasteiger partial charge in [-0.25, -0.2) is 8.42 Å². The van der Waals surface area contributed by atoms with Crippen LogP contribution in [0.3, 0.4) is 0 Å². The highest BCUT2D eigenvalue weighted by Crippen LogP contribution is 2.27. The average Bonchev–Trinajstić information content (AvgIpc) is 2.42. The maximum Gasteiger partial charge on any atom is 0.243 e. The number of sulfonamides is 1. The third-order valence-corrected chi connectivity index (χ3v) is 6.28. The molecule has 0 aliphatic carbocycles. The number of nitrogen functional groups attached to an aromatic ring is 1. The molecule has 20 heavy (non-hydrogen) atoms. The van der Waals surface area contributed by atoms with Crippen LogP contribution < -0.4 is 5.73 Å². The molecule has 0 saturated carbocycles. The van der Waals surface area contributed by atoms with Crippen molar-refractivity contribution in [1.82, 2.24) is 9.21 Å². The van der Waals surface area contributed by atoms with Crippen molar-refractivity contribution in [2.45, 2.75) is 23.8 Å². The van der Waals surface area contributed by atoms with Gasteiger partial charge < -0.3 is 10.6 Å². The third kappa shape index (κ3) is 3.16. The monoisotopic (exact) mass is 361 g/mol. The van der Waals surface area contributed by atoms with Gasteiger partial charge in [0.2, 0.25) is 10.0 Å². The Labute approximate surface area is 128 Å². The molecule has 1 aromatic carbocycles. The number of piperidine rings is 1. The summed E-state index contributed by atoms with van der Waals surface area (Å²) in [5, 5.41) is 0. The van der Waals surface area contributed by atoms with E-state index in [1.54, 1.807) is 16.4 Å². The highest BCUT2D eigenvalue weighted by Gasteiger charge is 2.31. The molecule has 1 aliphatic rings. The Bertz CT molecular complexity index is 589. The highest BCUT2D eigenvalue weighted by atomic mass is 79.9. The number of hydrogen-bond acceptors (Lipinski definition) is 4. The largest absolute Gasteiger partial charge is 0.398 e. The Hall–Kier alpha value is -0.630. The molecule has 1 fully saturated rings. The topological polar surface area (TPSA) is 66.6 Å². The number of benzene rings is 1. The lowest BCUT2D eigenvalue weighted by Gasteiger charge is -2.35. The highest BCUT2D eigenvalue weighted by molar-refractivity contribution is 9.10. The minimum Gasteiger partial charge on any atom is -0.398 e. The molecule has 0 spiro atoms. The Balaban J connectivity index is 2.27. The molecule has 1 heterocycles. The molecule has 1 aromatic rings. The lowest BCUT2D eigenvalue weighted by atomic mass is 10.1. The quantitative estimate of drug-likeness (QED) is 0.832. The second kappa shape index (κ2) is 6.01. The summed E-state index contributed by atoms with van der Waals surface area (Å²) in [4.78, 5) is 2.34. The van der Waals surface area contributed by atoms with Gasteiger partial charge in [0.25, 0.3) is 0 Å². The molecule has 0 aromatic heterocycles. The van der Waals surface area contributed by atoms with E-state index in [0.29, 0.717) is 23.2 Å². The third-order valence-electron chi connectivity index (χ3n) is 3.69. The van der Waals surface area contributed by atoms with Crippen LogP contribution in [-0.2, 0) is 10.0 Å². The van der Waals surface area contributed by atoms with E-state index < -0.39 is 10.0 Å². The van der Waals surface area contributed by atoms with Gasteiger partial charge in [0, 0.05) is 29.3 Å². The van der Waals surface area contributed by atoms with Crippen molar-refractivity contribution in [1.29, 1.82) is 0 Å². The summed E-state index contributed by atoms with van der Waals surface area (Å²) in [5.74, 6) is 0. The zero-order valence-corrected chi connectivity index (χ0v) is 14.1. The van der Waals surface area contributed by atoms with E-state index in [4.69, 9.17) is 5.73 Å². The van der Waals surface area contributed by atoms with Gasteiger partial charge in [0.15, 0.2) is 0 Å². The SMILES string of the molecule is CN(C)C1CCCN(S(=O)(=O)c2ccc(Br)c(N)c2)C1. The van der Waals surface area contributed by atoms with Crippen LogP contribution in [0.15, 0.2) is 27.6 Å². The number of nitrogens with two attached hydrogens (primary N) is 1. The summed E-state index contributed by atoms with van der Waals surface area (Å²) < 4.78 is 27.6. The zero-order valence-electron chi connectivity index (χ0n) is 11.7. The van der Waals surface area contributed by atoms with Crippen molar-refractivity contribution in [2.24, 2.45) is 0 Å². The maximum atomic E-state index is 12.7. The number of likely N-dealkylation sites (N-methyl/N-ethyl adjacent to an activating group) is 1. The predicted octanol–water partition coefficient (Wildman–Crippen LogP) is 1.75. The van der Waals surface area contributed by atoms with Crippen LogP contribution in [0.1, 0.15) is 12.8 Å². The summed E-state index contributed by atoms with van der Waals surface area (Å²) in [5.41, 5.74) is 6.22. The van der Waals surface area contributed by atoms with Crippen LogP contribution in [0, 0.1) is 0 Å². The van der Waals surface area contributed by atoms with Gasteiger partial charge in [0.1, 0.15) is 0 Å². The van der Waals surface area contributed by atoms with Crippen molar-refractivity contribution in [2.75, 3.05) is 32.9 Å². The molecule has 7 heteroatoms. The molecule has 2 N–H and O–H groups in total. The Kier molecular flexibility index (Phi) is 4.73. The summed E-state index contributed by atoms with van der Waals surface area (Å²) in [6.07, 6.45) is 1.91. The Morgan fingerprint density at radius 3 is 2.70 bits per heavy atom. The molecular formula is C13H20BrN3O2S. The second-order valence-corrected chi connectivity index (χ2v) is 8.10. The minimum atomic E-state index is -3.46. The molecule has 0 radical (unpaired) electrons. The number of rotatable bonds is 3. The summed E-state index contributed by atoms with van der Waals surface area (Å²) in [7, 11) is 0.507. The van der Waals surface area contributed by atoms with E-state index in [0.717, 1.165) is 12.8 Å². The summed E-state index contributed by atoms with van der Waals surface area (Å²) >= 11 is 3.28. The van der Waals surface area contributed by atoms with Crippen LogP contribution in [0.2, 0.25) is 0 Å². The predicted molar refractivity (Wildman–Crippen MR) is 84.0 cm³/mol. The molecule has 0 bridgehead atoms. The van der Waals surface area contributed by atoms with Gasteiger partial charge in [-0.1, -0.05) is 0 Å². The van der Waals surface area contributed by atoms with Crippen LogP contribution in [-0.4, -0.2) is 50.8 Å². The molecular weight excluding hydrogens is 342 g/mol. The standard InChI is InChI=1S/C13H20BrN3O2S/c1-16(2)10-4-3-7-17(9-10)20(18,19)11-5-6-12(14)13(15)8-11/h5-6,8,10H,3-4,7,9,15H2,1-2H3. The first-order valence-electron chi connectivity index (χ1n) is 6.54. The van der Waals surface area contributed by atoms with Crippen molar-refractivity contribution in [3.63, 3.8) is 0 Å². The van der Waals surface area contributed by atoms with Gasteiger partial charge in [-0.15, -0.1) is 0 Å². The molecule has 5 nitrogen and oxygen atoms in total. The molecule has 2 rings (SSSR count). The Morgan fingerprint density at radius 2 is 2.10 bits per heavy atom. The van der Waals surface area contributed by atoms with Crippen molar-refractivity contribution >= 4 is 31.6 Å². The number of halogens is 1. The summed E-state index contributed by atoms with van der Waals surface area (Å²) in [6.45, 7) is 1.11. The van der Waals surface area contributed by atoms with Crippen LogP contribution in [0.5, 0.6) is 0 Å². The van der Waals surface area contributed by atoms with Crippen LogP contribution >= 0.6 is 15.9 Å². The van der Waals surface area contributed by atoms with Crippen molar-refractivity contribution in [3.05, 3.63) is 22.7 Å². The molecule has 1 aliphatic heterocycles. The van der Waals surface area contributed by atoms with E-state index in [1.165, 1.54) is 6.07 Å². The van der Waals surface area contributed by atoms with Gasteiger partial charge in [-0.2, -0.15) is 4.31 Å². The lowest BCUT2D eigenvalue weighted by molar-refractivity contribution is 0.190. The van der Waals surface area contributed by atoms with Gasteiger partial charge >= 0.3 is 0 Å². The number of anilines is 1. The van der Waals surface area contributed by atoms with Gasteiger partial charge in [-0.3, -0.25) is 0 Å². The molecule has 0 amide bonds. The first kappa shape index (κ1) is 15.8. The van der Waals surface area contributed by atoms with E-state index in [2.05, 4.69) is 20.8 Å². The number of hydrogen-bond donors (Lipinski definition) is 1. The first-order chi connectivity index (χ1) is 9.32. The zero-order chi connectivity index (χ0) is 14.9. The fourth-order valence-corrected chi connectivity index (χ4v) is 4.19. The summed E-state index contributed by atoms with van der Waals surface area (Å²) in [6, 6.07) is 5.05. The molecule has 112 valence electrons. The van der Waals surface area contributed by atoms with E-state index in [1.807, 2.05) is 14.1 Å².